The Kier molecular flexibility index (Phi) is 5.64. The van der Waals surface area contributed by atoms with E-state index in [0.717, 1.165) is 6.08 Å². The van der Waals surface area contributed by atoms with Gasteiger partial charge in [-0.2, -0.15) is 0 Å². The van der Waals surface area contributed by atoms with Gasteiger partial charge in [0.2, 0.25) is 6.29 Å². The van der Waals surface area contributed by atoms with Gasteiger partial charge in [-0.1, -0.05) is 30.3 Å². The highest BCUT2D eigenvalue weighted by molar-refractivity contribution is 5.49. The minimum atomic E-state index is -1.72. The number of hydrogen-bond donors (Lipinski definition) is 4. The Labute approximate surface area is 131 Å². The quantitative estimate of drug-likeness (QED) is 0.309. The van der Waals surface area contributed by atoms with E-state index in [-0.39, 0.29) is 0 Å². The first-order valence-corrected chi connectivity index (χ1v) is 6.82. The van der Waals surface area contributed by atoms with E-state index in [4.69, 9.17) is 14.6 Å². The van der Waals surface area contributed by atoms with Gasteiger partial charge in [-0.3, -0.25) is 10.1 Å². The molecular formula is C14H17NO8. The van der Waals surface area contributed by atoms with Gasteiger partial charge < -0.3 is 29.9 Å². The first-order valence-electron chi connectivity index (χ1n) is 6.82. The van der Waals surface area contributed by atoms with E-state index in [2.05, 4.69) is 0 Å². The van der Waals surface area contributed by atoms with Crippen molar-refractivity contribution in [3.05, 3.63) is 51.9 Å². The highest BCUT2D eigenvalue weighted by Gasteiger charge is 2.45. The zero-order valence-corrected chi connectivity index (χ0v) is 11.9. The maximum Gasteiger partial charge on any atom is 0.431 e. The van der Waals surface area contributed by atoms with E-state index in [0.29, 0.717) is 5.56 Å². The lowest BCUT2D eigenvalue weighted by atomic mass is 9.99. The number of nitrogens with zero attached hydrogens (tertiary/aromatic N) is 1. The van der Waals surface area contributed by atoms with E-state index in [1.807, 2.05) is 0 Å². The van der Waals surface area contributed by atoms with E-state index in [9.17, 15) is 25.4 Å². The lowest BCUT2D eigenvalue weighted by Gasteiger charge is -2.38. The normalized spacial score (nSPS) is 31.7. The van der Waals surface area contributed by atoms with Crippen molar-refractivity contribution < 1.29 is 34.8 Å². The van der Waals surface area contributed by atoms with Crippen molar-refractivity contribution in [1.82, 2.24) is 0 Å². The highest BCUT2D eigenvalue weighted by atomic mass is 16.7. The van der Waals surface area contributed by atoms with E-state index < -0.39 is 48.1 Å². The summed E-state index contributed by atoms with van der Waals surface area (Å²) in [5, 5.41) is 49.3. The van der Waals surface area contributed by atoms with Gasteiger partial charge in [-0.15, -0.1) is 0 Å². The largest absolute Gasteiger partial charge is 0.431 e. The average molecular weight is 327 g/mol. The fourth-order valence-electron chi connectivity index (χ4n) is 2.11. The van der Waals surface area contributed by atoms with Gasteiger partial charge in [0.05, 0.1) is 12.7 Å². The minimum absolute atomic E-state index is 0.490. The zero-order chi connectivity index (χ0) is 17.0. The van der Waals surface area contributed by atoms with Crippen LogP contribution in [0.25, 0.3) is 6.08 Å². The average Bonchev–Trinajstić information content (AvgIpc) is 2.55. The molecule has 4 N–H and O–H groups in total. The van der Waals surface area contributed by atoms with Crippen LogP contribution in [0.5, 0.6) is 0 Å². The van der Waals surface area contributed by atoms with Crippen molar-refractivity contribution >= 4 is 6.08 Å². The van der Waals surface area contributed by atoms with E-state index in [1.165, 1.54) is 0 Å². The van der Waals surface area contributed by atoms with Crippen molar-refractivity contribution in [2.75, 3.05) is 6.61 Å². The molecule has 1 unspecified atom stereocenters. The smallest absolute Gasteiger partial charge is 0.408 e. The summed E-state index contributed by atoms with van der Waals surface area (Å²) in [6.45, 7) is -0.652. The van der Waals surface area contributed by atoms with Crippen LogP contribution in [0.2, 0.25) is 0 Å². The topological polar surface area (TPSA) is 143 Å². The van der Waals surface area contributed by atoms with E-state index in [1.54, 1.807) is 30.3 Å². The van der Waals surface area contributed by atoms with Crippen LogP contribution < -0.4 is 0 Å². The third-order valence-electron chi connectivity index (χ3n) is 3.36. The molecule has 1 fully saturated rings. The van der Waals surface area contributed by atoms with Crippen LogP contribution in [-0.2, 0) is 9.47 Å². The molecule has 0 aromatic heterocycles. The second-order valence-corrected chi connectivity index (χ2v) is 4.97. The summed E-state index contributed by atoms with van der Waals surface area (Å²) in [5.41, 5.74) is 0.490. The molecule has 1 aliphatic heterocycles. The van der Waals surface area contributed by atoms with Crippen LogP contribution in [0.1, 0.15) is 5.56 Å². The van der Waals surface area contributed by atoms with E-state index >= 15 is 0 Å². The van der Waals surface area contributed by atoms with Crippen LogP contribution >= 0.6 is 0 Å². The zero-order valence-electron chi connectivity index (χ0n) is 11.9. The third kappa shape index (κ3) is 4.03. The van der Waals surface area contributed by atoms with Gasteiger partial charge in [0.25, 0.3) is 0 Å². The Balaban J connectivity index is 2.19. The predicted octanol–water partition coefficient (Wildman–Crippen LogP) is -0.922. The van der Waals surface area contributed by atoms with Crippen molar-refractivity contribution in [3.8, 4) is 0 Å². The maximum atomic E-state index is 11.1. The molecule has 0 radical (unpaired) electrons. The molecule has 0 amide bonds. The van der Waals surface area contributed by atoms with Crippen molar-refractivity contribution in [2.24, 2.45) is 0 Å². The fourth-order valence-corrected chi connectivity index (χ4v) is 2.11. The molecule has 1 aromatic rings. The van der Waals surface area contributed by atoms with Gasteiger partial charge in [-0.25, -0.2) is 0 Å². The number of aliphatic hydroxyl groups excluding tert-OH is 4. The summed E-state index contributed by atoms with van der Waals surface area (Å²) in [7, 11) is 0. The molecule has 1 saturated heterocycles. The lowest BCUT2D eigenvalue weighted by Crippen LogP contribution is -2.59. The Bertz CT molecular complexity index is 561. The first-order chi connectivity index (χ1) is 10.9. The molecule has 0 aliphatic carbocycles. The molecule has 5 atom stereocenters. The summed E-state index contributed by atoms with van der Waals surface area (Å²) in [5.74, 6) is -0.708. The van der Waals surface area contributed by atoms with Gasteiger partial charge in [0, 0.05) is 0 Å². The van der Waals surface area contributed by atoms with Crippen LogP contribution in [0.3, 0.4) is 0 Å². The molecule has 23 heavy (non-hydrogen) atoms. The van der Waals surface area contributed by atoms with Crippen molar-refractivity contribution in [1.29, 1.82) is 0 Å². The minimum Gasteiger partial charge on any atom is -0.408 e. The van der Waals surface area contributed by atoms with Gasteiger partial charge >= 0.3 is 5.88 Å². The molecule has 1 aromatic carbocycles. The van der Waals surface area contributed by atoms with Gasteiger partial charge in [-0.05, 0) is 5.56 Å². The number of rotatable bonds is 5. The molecule has 2 rings (SSSR count). The molecule has 9 heteroatoms. The molecular weight excluding hydrogens is 310 g/mol. The Morgan fingerprint density at radius 2 is 1.87 bits per heavy atom. The molecule has 0 spiro atoms. The van der Waals surface area contributed by atoms with Crippen molar-refractivity contribution in [2.45, 2.75) is 30.7 Å². The number of ether oxygens (including phenoxy) is 2. The second kappa shape index (κ2) is 7.49. The van der Waals surface area contributed by atoms with Crippen LogP contribution in [0.15, 0.2) is 36.2 Å². The van der Waals surface area contributed by atoms with Crippen LogP contribution in [-0.4, -0.2) is 62.7 Å². The standard InChI is InChI=1S/C14H17NO8/c16-7-9-11(17)12(18)13(19)14(22-9)23-10(15(20)21)6-8-4-2-1-3-5-8/h1-6,9,11-14,16-19H,7H2/t9-,11+,12+,13-,14?/m1/s1. The van der Waals surface area contributed by atoms with Crippen LogP contribution in [0, 0.1) is 10.1 Å². The Hall–Kier alpha value is -2.04. The summed E-state index contributed by atoms with van der Waals surface area (Å²) >= 11 is 0. The molecule has 1 aliphatic rings. The Morgan fingerprint density at radius 1 is 1.22 bits per heavy atom. The molecule has 0 saturated carbocycles. The third-order valence-corrected chi connectivity index (χ3v) is 3.36. The molecule has 126 valence electrons. The number of hydrogen-bond acceptors (Lipinski definition) is 8. The first kappa shape index (κ1) is 17.3. The number of aliphatic hydroxyl groups is 4. The highest BCUT2D eigenvalue weighted by Crippen LogP contribution is 2.24. The van der Waals surface area contributed by atoms with Gasteiger partial charge in [0.1, 0.15) is 29.3 Å². The second-order valence-electron chi connectivity index (χ2n) is 4.97. The summed E-state index contributed by atoms with van der Waals surface area (Å²) < 4.78 is 10.1. The fraction of sp³-hybridized carbons (Fsp3) is 0.429. The summed E-state index contributed by atoms with van der Waals surface area (Å²) in [6, 6.07) is 8.32. The Morgan fingerprint density at radius 3 is 2.43 bits per heavy atom. The van der Waals surface area contributed by atoms with Crippen LogP contribution in [0.4, 0.5) is 0 Å². The van der Waals surface area contributed by atoms with Gasteiger partial charge in [0.15, 0.2) is 0 Å². The number of benzene rings is 1. The lowest BCUT2D eigenvalue weighted by molar-refractivity contribution is -0.478. The number of nitro groups is 1. The SMILES string of the molecule is O=[N+]([O-])C(=Cc1ccccc1)OC1O[C@H](CO)[C@H](O)[C@H](O)[C@H]1O. The molecule has 1 heterocycles. The summed E-state index contributed by atoms with van der Waals surface area (Å²) in [4.78, 5) is 10.3. The molecule has 0 bridgehead atoms. The monoisotopic (exact) mass is 327 g/mol. The predicted molar refractivity (Wildman–Crippen MR) is 76.3 cm³/mol. The maximum absolute atomic E-state index is 11.1. The van der Waals surface area contributed by atoms with Crippen molar-refractivity contribution in [3.63, 3.8) is 0 Å². The summed E-state index contributed by atoms with van der Waals surface area (Å²) in [6.07, 6.45) is -6.63. The molecule has 9 nitrogen and oxygen atoms in total.